The minimum Gasteiger partial charge on any atom is -0.489 e. The maximum atomic E-state index is 13.5. The molecule has 0 atom stereocenters. The molecule has 1 aliphatic rings. The molecule has 21 heavy (non-hydrogen) atoms. The lowest BCUT2D eigenvalue weighted by atomic mass is 10.2. The Bertz CT molecular complexity index is 698. The molecule has 3 rings (SSSR count). The molecule has 0 spiro atoms. The van der Waals surface area contributed by atoms with Crippen molar-refractivity contribution < 1.29 is 28.5 Å². The van der Waals surface area contributed by atoms with Crippen molar-refractivity contribution in [3.8, 4) is 17.2 Å². The molecule has 108 valence electrons. The van der Waals surface area contributed by atoms with E-state index in [0.717, 1.165) is 11.6 Å². The lowest BCUT2D eigenvalue weighted by Crippen LogP contribution is -2.01. The van der Waals surface area contributed by atoms with E-state index in [2.05, 4.69) is 0 Å². The molecule has 0 bridgehead atoms. The van der Waals surface area contributed by atoms with E-state index in [1.807, 2.05) is 6.07 Å². The Labute approximate surface area is 119 Å². The molecule has 5 nitrogen and oxygen atoms in total. The molecule has 6 heteroatoms. The van der Waals surface area contributed by atoms with E-state index in [1.165, 1.54) is 12.1 Å². The van der Waals surface area contributed by atoms with E-state index in [0.29, 0.717) is 11.5 Å². The minimum atomic E-state index is -1.31. The summed E-state index contributed by atoms with van der Waals surface area (Å²) in [7, 11) is 0. The van der Waals surface area contributed by atoms with E-state index in [9.17, 15) is 9.18 Å². The Morgan fingerprint density at radius 2 is 2.00 bits per heavy atom. The number of carboxylic acids is 1. The zero-order valence-corrected chi connectivity index (χ0v) is 10.8. The van der Waals surface area contributed by atoms with Gasteiger partial charge in [0.15, 0.2) is 11.5 Å². The number of ether oxygens (including phenoxy) is 3. The molecule has 0 saturated heterocycles. The molecule has 1 N–H and O–H groups in total. The van der Waals surface area contributed by atoms with E-state index in [1.54, 1.807) is 12.1 Å². The summed E-state index contributed by atoms with van der Waals surface area (Å²) in [5.74, 6) is -0.560. The second kappa shape index (κ2) is 5.32. The number of fused-ring (bicyclic) bond motifs is 1. The molecule has 0 amide bonds. The van der Waals surface area contributed by atoms with Gasteiger partial charge in [0.1, 0.15) is 18.2 Å². The summed E-state index contributed by atoms with van der Waals surface area (Å²) in [6, 6.07) is 9.01. The van der Waals surface area contributed by atoms with Gasteiger partial charge in [0.25, 0.3) is 0 Å². The van der Waals surface area contributed by atoms with E-state index in [4.69, 9.17) is 19.3 Å². The summed E-state index contributed by atoms with van der Waals surface area (Å²) >= 11 is 0. The van der Waals surface area contributed by atoms with Crippen LogP contribution >= 0.6 is 0 Å². The normalized spacial score (nSPS) is 12.2. The van der Waals surface area contributed by atoms with Gasteiger partial charge in [-0.25, -0.2) is 9.18 Å². The standard InChI is InChI=1S/C15H11FO5/c16-12-6-10(2-3-11(12)15(17)18)19-7-9-1-4-13-14(5-9)21-8-20-13/h1-6H,7-8H2,(H,17,18). The molecule has 0 fully saturated rings. The fraction of sp³-hybridized carbons (Fsp3) is 0.133. The molecule has 0 unspecified atom stereocenters. The summed E-state index contributed by atoms with van der Waals surface area (Å²) in [6.07, 6.45) is 0. The second-order valence-electron chi connectivity index (χ2n) is 4.42. The molecular formula is C15H11FO5. The molecule has 0 saturated carbocycles. The van der Waals surface area contributed by atoms with Crippen LogP contribution in [0.4, 0.5) is 4.39 Å². The maximum absolute atomic E-state index is 13.5. The van der Waals surface area contributed by atoms with Crippen molar-refractivity contribution in [2.24, 2.45) is 0 Å². The van der Waals surface area contributed by atoms with Gasteiger partial charge in [0.05, 0.1) is 5.56 Å². The number of benzene rings is 2. The van der Waals surface area contributed by atoms with Gasteiger partial charge in [-0.15, -0.1) is 0 Å². The molecule has 2 aromatic carbocycles. The lowest BCUT2D eigenvalue weighted by molar-refractivity contribution is 0.0692. The van der Waals surface area contributed by atoms with Crippen LogP contribution in [0.1, 0.15) is 15.9 Å². The Balaban J connectivity index is 1.70. The molecule has 0 radical (unpaired) electrons. The van der Waals surface area contributed by atoms with E-state index in [-0.39, 0.29) is 24.7 Å². The van der Waals surface area contributed by atoms with Gasteiger partial charge in [-0.3, -0.25) is 0 Å². The third kappa shape index (κ3) is 2.74. The Hall–Kier alpha value is -2.76. The van der Waals surface area contributed by atoms with Crippen LogP contribution in [0.25, 0.3) is 0 Å². The predicted molar refractivity (Wildman–Crippen MR) is 70.3 cm³/mol. The average Bonchev–Trinajstić information content (AvgIpc) is 2.92. The Morgan fingerprint density at radius 1 is 1.19 bits per heavy atom. The van der Waals surface area contributed by atoms with Gasteiger partial charge >= 0.3 is 5.97 Å². The summed E-state index contributed by atoms with van der Waals surface area (Å²) in [5, 5.41) is 8.75. The number of hydrogen-bond acceptors (Lipinski definition) is 4. The molecule has 2 aromatic rings. The van der Waals surface area contributed by atoms with Crippen molar-refractivity contribution in [3.63, 3.8) is 0 Å². The topological polar surface area (TPSA) is 65.0 Å². The summed E-state index contributed by atoms with van der Waals surface area (Å²) in [5.41, 5.74) is 0.451. The fourth-order valence-corrected chi connectivity index (χ4v) is 1.96. The molecule has 1 heterocycles. The predicted octanol–water partition coefficient (Wildman–Crippen LogP) is 2.83. The Morgan fingerprint density at radius 3 is 2.76 bits per heavy atom. The average molecular weight is 290 g/mol. The van der Waals surface area contributed by atoms with Crippen LogP contribution in [0.5, 0.6) is 17.2 Å². The summed E-state index contributed by atoms with van der Waals surface area (Å²) in [4.78, 5) is 10.7. The highest BCUT2D eigenvalue weighted by molar-refractivity contribution is 5.88. The van der Waals surface area contributed by atoms with Gasteiger partial charge in [-0.1, -0.05) is 6.07 Å². The highest BCUT2D eigenvalue weighted by Gasteiger charge is 2.14. The van der Waals surface area contributed by atoms with E-state index < -0.39 is 11.8 Å². The smallest absolute Gasteiger partial charge is 0.338 e. The zero-order valence-electron chi connectivity index (χ0n) is 10.8. The van der Waals surface area contributed by atoms with Crippen LogP contribution in [0.3, 0.4) is 0 Å². The molecule has 1 aliphatic heterocycles. The third-order valence-electron chi connectivity index (χ3n) is 3.01. The van der Waals surface area contributed by atoms with Crippen molar-refractivity contribution >= 4 is 5.97 Å². The zero-order chi connectivity index (χ0) is 14.8. The van der Waals surface area contributed by atoms with Gasteiger partial charge in [-0.05, 0) is 29.8 Å². The fourth-order valence-electron chi connectivity index (χ4n) is 1.96. The first-order chi connectivity index (χ1) is 10.1. The van der Waals surface area contributed by atoms with Crippen molar-refractivity contribution in [3.05, 3.63) is 53.3 Å². The van der Waals surface area contributed by atoms with Crippen molar-refractivity contribution in [2.45, 2.75) is 6.61 Å². The van der Waals surface area contributed by atoms with Crippen LogP contribution in [0.15, 0.2) is 36.4 Å². The monoisotopic (exact) mass is 290 g/mol. The maximum Gasteiger partial charge on any atom is 0.338 e. The Kier molecular flexibility index (Phi) is 3.35. The first-order valence-corrected chi connectivity index (χ1v) is 6.17. The number of halogens is 1. The molecule has 0 aromatic heterocycles. The summed E-state index contributed by atoms with van der Waals surface area (Å²) < 4.78 is 29.4. The lowest BCUT2D eigenvalue weighted by Gasteiger charge is -2.08. The second-order valence-corrected chi connectivity index (χ2v) is 4.42. The van der Waals surface area contributed by atoms with Crippen LogP contribution < -0.4 is 14.2 Å². The van der Waals surface area contributed by atoms with E-state index >= 15 is 0 Å². The van der Waals surface area contributed by atoms with Crippen LogP contribution in [-0.2, 0) is 6.61 Å². The van der Waals surface area contributed by atoms with Crippen LogP contribution in [-0.4, -0.2) is 17.9 Å². The molecular weight excluding hydrogens is 279 g/mol. The first kappa shape index (κ1) is 13.2. The van der Waals surface area contributed by atoms with Crippen LogP contribution in [0, 0.1) is 5.82 Å². The first-order valence-electron chi connectivity index (χ1n) is 6.17. The van der Waals surface area contributed by atoms with Gasteiger partial charge in [-0.2, -0.15) is 0 Å². The number of aromatic carboxylic acids is 1. The highest BCUT2D eigenvalue weighted by atomic mass is 19.1. The molecule has 0 aliphatic carbocycles. The largest absolute Gasteiger partial charge is 0.489 e. The number of hydrogen-bond donors (Lipinski definition) is 1. The number of rotatable bonds is 4. The number of carbonyl (C=O) groups is 1. The van der Waals surface area contributed by atoms with Crippen molar-refractivity contribution in [1.29, 1.82) is 0 Å². The minimum absolute atomic E-state index is 0.196. The van der Waals surface area contributed by atoms with Crippen molar-refractivity contribution in [1.82, 2.24) is 0 Å². The van der Waals surface area contributed by atoms with Crippen molar-refractivity contribution in [2.75, 3.05) is 6.79 Å². The van der Waals surface area contributed by atoms with Gasteiger partial charge < -0.3 is 19.3 Å². The highest BCUT2D eigenvalue weighted by Crippen LogP contribution is 2.32. The quantitative estimate of drug-likeness (QED) is 0.938. The van der Waals surface area contributed by atoms with Gasteiger partial charge in [0, 0.05) is 6.07 Å². The van der Waals surface area contributed by atoms with Crippen LogP contribution in [0.2, 0.25) is 0 Å². The SMILES string of the molecule is O=C(O)c1ccc(OCc2ccc3c(c2)OCO3)cc1F. The number of carboxylic acid groups (broad SMARTS) is 1. The summed E-state index contributed by atoms with van der Waals surface area (Å²) in [6.45, 7) is 0.407. The third-order valence-corrected chi connectivity index (χ3v) is 3.01. The van der Waals surface area contributed by atoms with Gasteiger partial charge in [0.2, 0.25) is 6.79 Å².